The predicted octanol–water partition coefficient (Wildman–Crippen LogP) is 4.97. The van der Waals surface area contributed by atoms with Crippen LogP contribution in [0.1, 0.15) is 40.8 Å². The number of nitro groups is 2. The topological polar surface area (TPSA) is 112 Å². The van der Waals surface area contributed by atoms with Gasteiger partial charge in [-0.05, 0) is 42.5 Å². The Morgan fingerprint density at radius 3 is 1.61 bits per heavy atom. The van der Waals surface area contributed by atoms with E-state index in [0.29, 0.717) is 11.0 Å². The molecule has 2 aromatic carbocycles. The first kappa shape index (κ1) is 17.9. The summed E-state index contributed by atoms with van der Waals surface area (Å²) in [5.41, 5.74) is 4.96. The molecule has 152 valence electrons. The number of pyridine rings is 2. The van der Waals surface area contributed by atoms with Crippen LogP contribution in [0.3, 0.4) is 0 Å². The molecule has 0 fully saturated rings. The van der Waals surface area contributed by atoms with Crippen LogP contribution in [0.4, 0.5) is 11.4 Å². The van der Waals surface area contributed by atoms with Crippen molar-refractivity contribution in [3.63, 3.8) is 0 Å². The van der Waals surface area contributed by atoms with Gasteiger partial charge >= 0.3 is 0 Å². The van der Waals surface area contributed by atoms with E-state index in [0.717, 1.165) is 52.5 Å². The Bertz CT molecular complexity index is 1340. The molecule has 8 heteroatoms. The molecule has 0 radical (unpaired) electrons. The third-order valence-electron chi connectivity index (χ3n) is 6.54. The highest BCUT2D eigenvalue weighted by atomic mass is 16.6. The van der Waals surface area contributed by atoms with E-state index in [4.69, 9.17) is 9.97 Å². The van der Waals surface area contributed by atoms with E-state index >= 15 is 0 Å². The number of benzene rings is 2. The van der Waals surface area contributed by atoms with Crippen LogP contribution >= 0.6 is 0 Å². The number of nitro benzene ring substituents is 2. The van der Waals surface area contributed by atoms with Crippen molar-refractivity contribution in [2.45, 2.75) is 31.1 Å². The Labute approximate surface area is 175 Å². The van der Waals surface area contributed by atoms with Gasteiger partial charge in [-0.15, -0.1) is 0 Å². The van der Waals surface area contributed by atoms with E-state index in [1.807, 2.05) is 24.3 Å². The summed E-state index contributed by atoms with van der Waals surface area (Å²) in [6.07, 6.45) is 2.30. The van der Waals surface area contributed by atoms with Gasteiger partial charge in [-0.1, -0.05) is 24.3 Å². The van der Waals surface area contributed by atoms with Crippen LogP contribution in [0, 0.1) is 20.2 Å². The molecule has 0 saturated heterocycles. The van der Waals surface area contributed by atoms with E-state index in [-0.39, 0.29) is 33.1 Å². The predicted molar refractivity (Wildman–Crippen MR) is 114 cm³/mol. The lowest BCUT2D eigenvalue weighted by atomic mass is 9.70. The third kappa shape index (κ3) is 2.61. The Kier molecular flexibility index (Phi) is 3.62. The molecule has 6 rings (SSSR count). The van der Waals surface area contributed by atoms with Gasteiger partial charge in [0, 0.05) is 46.1 Å². The van der Waals surface area contributed by atoms with Crippen LogP contribution < -0.4 is 0 Å². The molecular weight excluding hydrogens is 396 g/mol. The molecule has 0 spiro atoms. The molecule has 31 heavy (non-hydrogen) atoms. The molecule has 2 aromatic heterocycles. The average molecular weight is 412 g/mol. The number of hydrogen-bond donors (Lipinski definition) is 0. The third-order valence-corrected chi connectivity index (χ3v) is 6.54. The summed E-state index contributed by atoms with van der Waals surface area (Å²) in [7, 11) is 0. The fourth-order valence-corrected chi connectivity index (χ4v) is 5.27. The van der Waals surface area contributed by atoms with Gasteiger partial charge in [0.05, 0.1) is 9.85 Å². The zero-order chi connectivity index (χ0) is 21.3. The van der Waals surface area contributed by atoms with Crippen molar-refractivity contribution in [1.82, 2.24) is 9.97 Å². The zero-order valence-corrected chi connectivity index (χ0v) is 16.3. The summed E-state index contributed by atoms with van der Waals surface area (Å²) in [4.78, 5) is 31.7. The molecule has 0 amide bonds. The van der Waals surface area contributed by atoms with Crippen molar-refractivity contribution in [2.75, 3.05) is 0 Å². The summed E-state index contributed by atoms with van der Waals surface area (Å²) in [6.45, 7) is 0. The second-order valence-corrected chi connectivity index (χ2v) is 8.32. The highest BCUT2D eigenvalue weighted by Gasteiger charge is 2.37. The highest BCUT2D eigenvalue weighted by Crippen LogP contribution is 2.47. The van der Waals surface area contributed by atoms with Crippen molar-refractivity contribution in [1.29, 1.82) is 0 Å². The van der Waals surface area contributed by atoms with E-state index in [1.165, 1.54) is 12.1 Å². The summed E-state index contributed by atoms with van der Waals surface area (Å²) in [6, 6.07) is 14.1. The summed E-state index contributed by atoms with van der Waals surface area (Å²) < 4.78 is 0. The first-order valence-electron chi connectivity index (χ1n) is 10.1. The number of para-hydroxylation sites is 2. The van der Waals surface area contributed by atoms with Crippen LogP contribution in [-0.4, -0.2) is 19.8 Å². The average Bonchev–Trinajstić information content (AvgIpc) is 2.76. The van der Waals surface area contributed by atoms with E-state index < -0.39 is 0 Å². The first-order valence-corrected chi connectivity index (χ1v) is 10.1. The van der Waals surface area contributed by atoms with Crippen molar-refractivity contribution >= 4 is 33.2 Å². The maximum absolute atomic E-state index is 11.5. The van der Waals surface area contributed by atoms with E-state index in [9.17, 15) is 20.2 Å². The van der Waals surface area contributed by atoms with Gasteiger partial charge in [-0.25, -0.2) is 9.97 Å². The monoisotopic (exact) mass is 412 g/mol. The molecule has 2 aliphatic rings. The minimum Gasteiger partial charge on any atom is -0.258 e. The largest absolute Gasteiger partial charge is 0.295 e. The molecule has 2 aliphatic carbocycles. The fraction of sp³-hybridized carbons (Fsp3) is 0.217. The van der Waals surface area contributed by atoms with Crippen molar-refractivity contribution in [2.24, 2.45) is 0 Å². The molecule has 0 N–H and O–H groups in total. The van der Waals surface area contributed by atoms with Crippen molar-refractivity contribution in [3.8, 4) is 0 Å². The second-order valence-electron chi connectivity index (χ2n) is 8.32. The minimum atomic E-state index is -0.382. The van der Waals surface area contributed by atoms with Crippen LogP contribution in [0.25, 0.3) is 21.8 Å². The molecular formula is C23H16N4O4. The zero-order valence-electron chi connectivity index (χ0n) is 16.3. The minimum absolute atomic E-state index is 0.0265. The number of aromatic nitrogens is 2. The quantitative estimate of drug-likeness (QED) is 0.339. The fourth-order valence-electron chi connectivity index (χ4n) is 5.27. The first-order chi connectivity index (χ1) is 15.0. The molecule has 2 unspecified atom stereocenters. The van der Waals surface area contributed by atoms with Crippen LogP contribution in [0.15, 0.2) is 48.5 Å². The molecule has 4 aromatic rings. The highest BCUT2D eigenvalue weighted by molar-refractivity contribution is 5.89. The van der Waals surface area contributed by atoms with Crippen LogP contribution in [0.2, 0.25) is 0 Å². The standard InChI is InChI=1S/C23H16N4O4/c28-26(29)18-5-1-3-12-7-14-9-16-11-17(20(14)24-22(12)18)10-15-8-13-4-2-6-19(27(30)31)23(13)25-21(15)16/h1-8,16-17H,9-11H2. The Balaban J connectivity index is 1.51. The van der Waals surface area contributed by atoms with Crippen LogP contribution in [-0.2, 0) is 12.8 Å². The Morgan fingerprint density at radius 1 is 0.742 bits per heavy atom. The molecule has 2 bridgehead atoms. The van der Waals surface area contributed by atoms with Crippen molar-refractivity contribution in [3.05, 3.63) is 91.3 Å². The maximum atomic E-state index is 11.5. The van der Waals surface area contributed by atoms with Crippen molar-refractivity contribution < 1.29 is 9.85 Å². The van der Waals surface area contributed by atoms with E-state index in [2.05, 4.69) is 0 Å². The molecule has 2 atom stereocenters. The lowest BCUT2D eigenvalue weighted by Gasteiger charge is -2.36. The lowest BCUT2D eigenvalue weighted by Crippen LogP contribution is -2.27. The van der Waals surface area contributed by atoms with Gasteiger partial charge in [0.2, 0.25) is 0 Å². The number of hydrogen-bond acceptors (Lipinski definition) is 6. The van der Waals surface area contributed by atoms with Gasteiger partial charge in [0.25, 0.3) is 11.4 Å². The van der Waals surface area contributed by atoms with Gasteiger partial charge in [0.1, 0.15) is 11.0 Å². The van der Waals surface area contributed by atoms with Gasteiger partial charge in [0.15, 0.2) is 0 Å². The number of rotatable bonds is 2. The maximum Gasteiger partial charge on any atom is 0.295 e. The SMILES string of the molecule is O=[N+]([O-])c1cccc2cc3c(nc12)C1Cc2cc4cccc([N+](=O)[O-])c4nc2C(C3)C1. The molecule has 2 heterocycles. The van der Waals surface area contributed by atoms with Gasteiger partial charge in [-0.3, -0.25) is 20.2 Å². The smallest absolute Gasteiger partial charge is 0.258 e. The summed E-state index contributed by atoms with van der Waals surface area (Å²) >= 11 is 0. The molecule has 0 saturated carbocycles. The van der Waals surface area contributed by atoms with Gasteiger partial charge < -0.3 is 0 Å². The summed E-state index contributed by atoms with van der Waals surface area (Å²) in [5.74, 6) is 0.312. The second kappa shape index (κ2) is 6.28. The Hall–Kier alpha value is -3.94. The Morgan fingerprint density at radius 2 is 1.19 bits per heavy atom. The lowest BCUT2D eigenvalue weighted by molar-refractivity contribution is -0.383. The van der Waals surface area contributed by atoms with Crippen LogP contribution in [0.5, 0.6) is 0 Å². The van der Waals surface area contributed by atoms with E-state index in [1.54, 1.807) is 12.1 Å². The number of fused-ring (bicyclic) bond motifs is 8. The van der Waals surface area contributed by atoms with Gasteiger partial charge in [-0.2, -0.15) is 0 Å². The number of non-ortho nitro benzene ring substituents is 2. The number of nitrogens with zero attached hydrogens (tertiary/aromatic N) is 4. The normalized spacial score (nSPS) is 19.1. The summed E-state index contributed by atoms with van der Waals surface area (Å²) in [5, 5.41) is 24.5. The molecule has 8 nitrogen and oxygen atoms in total. The molecule has 0 aliphatic heterocycles.